The van der Waals surface area contributed by atoms with E-state index in [1.165, 1.54) is 11.3 Å². The zero-order valence-corrected chi connectivity index (χ0v) is 7.50. The van der Waals surface area contributed by atoms with Crippen LogP contribution in [0.1, 0.15) is 17.8 Å². The highest BCUT2D eigenvalue weighted by Gasteiger charge is 2.53. The van der Waals surface area contributed by atoms with E-state index in [9.17, 15) is 9.59 Å². The first-order chi connectivity index (χ1) is 6.15. The van der Waals surface area contributed by atoms with Gasteiger partial charge in [-0.15, -0.1) is 11.3 Å². The van der Waals surface area contributed by atoms with Crippen molar-refractivity contribution in [1.82, 2.24) is 4.98 Å². The number of hydrogen-bond donors (Lipinski definition) is 1. The SMILES string of the molecule is O=C1CC(C(=O)O)(c2nccs2)C1. The van der Waals surface area contributed by atoms with E-state index in [0.717, 1.165) is 0 Å². The van der Waals surface area contributed by atoms with Crippen LogP contribution in [0.2, 0.25) is 0 Å². The summed E-state index contributed by atoms with van der Waals surface area (Å²) < 4.78 is 0. The van der Waals surface area contributed by atoms with Gasteiger partial charge < -0.3 is 5.11 Å². The Morgan fingerprint density at radius 2 is 2.31 bits per heavy atom. The normalized spacial score (nSPS) is 19.5. The number of Topliss-reactive ketones (excluding diaryl/α,β-unsaturated/α-hetero) is 1. The Hall–Kier alpha value is -1.23. The van der Waals surface area contributed by atoms with Crippen molar-refractivity contribution in [2.45, 2.75) is 18.3 Å². The van der Waals surface area contributed by atoms with Crippen LogP contribution < -0.4 is 0 Å². The number of aliphatic carboxylic acids is 1. The Morgan fingerprint density at radius 1 is 1.62 bits per heavy atom. The van der Waals surface area contributed by atoms with Gasteiger partial charge in [-0.3, -0.25) is 9.59 Å². The molecule has 1 heterocycles. The van der Waals surface area contributed by atoms with Gasteiger partial charge in [0.1, 0.15) is 16.2 Å². The topological polar surface area (TPSA) is 67.3 Å². The van der Waals surface area contributed by atoms with E-state index in [-0.39, 0.29) is 18.6 Å². The van der Waals surface area contributed by atoms with Crippen LogP contribution in [0.5, 0.6) is 0 Å². The first kappa shape index (κ1) is 8.37. The van der Waals surface area contributed by atoms with Crippen molar-refractivity contribution in [3.8, 4) is 0 Å². The van der Waals surface area contributed by atoms with Gasteiger partial charge in [-0.1, -0.05) is 0 Å². The molecule has 0 aliphatic heterocycles. The average Bonchev–Trinajstić information content (AvgIpc) is 2.49. The van der Waals surface area contributed by atoms with Gasteiger partial charge in [0.05, 0.1) is 0 Å². The van der Waals surface area contributed by atoms with Gasteiger partial charge in [-0.05, 0) is 0 Å². The van der Waals surface area contributed by atoms with E-state index in [0.29, 0.717) is 5.01 Å². The minimum Gasteiger partial charge on any atom is -0.480 e. The fourth-order valence-corrected chi connectivity index (χ4v) is 2.30. The minimum atomic E-state index is -1.01. The smallest absolute Gasteiger partial charge is 0.317 e. The fourth-order valence-electron chi connectivity index (χ4n) is 1.48. The Bertz CT molecular complexity index is 349. The molecule has 1 N–H and O–H groups in total. The number of nitrogens with zero attached hydrogens (tertiary/aromatic N) is 1. The maximum atomic E-state index is 11.0. The molecular weight excluding hydrogens is 190 g/mol. The van der Waals surface area contributed by atoms with Gasteiger partial charge in [0.15, 0.2) is 0 Å². The van der Waals surface area contributed by atoms with Gasteiger partial charge in [-0.25, -0.2) is 4.98 Å². The highest BCUT2D eigenvalue weighted by atomic mass is 32.1. The summed E-state index contributed by atoms with van der Waals surface area (Å²) >= 11 is 1.29. The Morgan fingerprint density at radius 3 is 2.69 bits per heavy atom. The van der Waals surface area contributed by atoms with E-state index in [1.54, 1.807) is 11.6 Å². The van der Waals surface area contributed by atoms with E-state index < -0.39 is 11.4 Å². The van der Waals surface area contributed by atoms with Crippen LogP contribution in [0.25, 0.3) is 0 Å². The van der Waals surface area contributed by atoms with Gasteiger partial charge >= 0.3 is 5.97 Å². The lowest BCUT2D eigenvalue weighted by Crippen LogP contribution is -2.48. The number of carbonyl (C=O) groups is 2. The summed E-state index contributed by atoms with van der Waals surface area (Å²) in [5.74, 6) is -0.945. The maximum absolute atomic E-state index is 11.0. The van der Waals surface area contributed by atoms with Crippen LogP contribution in [0, 0.1) is 0 Å². The number of ketones is 1. The van der Waals surface area contributed by atoms with Crippen molar-refractivity contribution in [2.75, 3.05) is 0 Å². The molecule has 13 heavy (non-hydrogen) atoms. The molecule has 4 nitrogen and oxygen atoms in total. The summed E-state index contributed by atoms with van der Waals surface area (Å²) in [6.45, 7) is 0. The summed E-state index contributed by atoms with van der Waals surface area (Å²) in [5.41, 5.74) is -1.01. The summed E-state index contributed by atoms with van der Waals surface area (Å²) in [6.07, 6.45) is 1.75. The quantitative estimate of drug-likeness (QED) is 0.762. The second-order valence-electron chi connectivity index (χ2n) is 3.12. The molecule has 1 aliphatic carbocycles. The van der Waals surface area contributed by atoms with Gasteiger partial charge in [-0.2, -0.15) is 0 Å². The molecule has 0 amide bonds. The minimum absolute atomic E-state index is 0.00222. The number of hydrogen-bond acceptors (Lipinski definition) is 4. The van der Waals surface area contributed by atoms with Crippen LogP contribution in [-0.2, 0) is 15.0 Å². The molecular formula is C8H7NO3S. The number of carboxylic acid groups (broad SMARTS) is 1. The van der Waals surface area contributed by atoms with Crippen molar-refractivity contribution in [3.05, 3.63) is 16.6 Å². The van der Waals surface area contributed by atoms with E-state index in [4.69, 9.17) is 5.11 Å². The molecule has 1 saturated carbocycles. The maximum Gasteiger partial charge on any atom is 0.317 e. The monoisotopic (exact) mass is 197 g/mol. The average molecular weight is 197 g/mol. The second kappa shape index (κ2) is 2.63. The van der Waals surface area contributed by atoms with Crippen LogP contribution in [0.15, 0.2) is 11.6 Å². The first-order valence-corrected chi connectivity index (χ1v) is 4.68. The Labute approximate surface area is 78.2 Å². The van der Waals surface area contributed by atoms with Gasteiger partial charge in [0, 0.05) is 24.4 Å². The van der Waals surface area contributed by atoms with Crippen molar-refractivity contribution < 1.29 is 14.7 Å². The zero-order valence-electron chi connectivity index (χ0n) is 6.69. The molecule has 2 rings (SSSR count). The fraction of sp³-hybridized carbons (Fsp3) is 0.375. The third-order valence-electron chi connectivity index (χ3n) is 2.25. The molecule has 1 aromatic heterocycles. The Balaban J connectivity index is 2.37. The molecule has 68 valence electrons. The number of rotatable bonds is 2. The number of carbonyl (C=O) groups excluding carboxylic acids is 1. The van der Waals surface area contributed by atoms with E-state index in [1.807, 2.05) is 0 Å². The molecule has 0 bridgehead atoms. The Kier molecular flexibility index (Phi) is 1.69. The lowest BCUT2D eigenvalue weighted by Gasteiger charge is -2.33. The predicted octanol–water partition coefficient (Wildman–Crippen LogP) is 0.828. The summed E-state index contributed by atoms with van der Waals surface area (Å²) in [5, 5.41) is 11.3. The molecule has 0 unspecified atom stereocenters. The van der Waals surface area contributed by atoms with Crippen LogP contribution in [0.3, 0.4) is 0 Å². The third-order valence-corrected chi connectivity index (χ3v) is 3.23. The molecule has 0 aromatic carbocycles. The van der Waals surface area contributed by atoms with Gasteiger partial charge in [0.2, 0.25) is 0 Å². The number of thiazole rings is 1. The van der Waals surface area contributed by atoms with Crippen LogP contribution >= 0.6 is 11.3 Å². The van der Waals surface area contributed by atoms with Crippen LogP contribution in [0.4, 0.5) is 0 Å². The number of carboxylic acids is 1. The predicted molar refractivity (Wildman–Crippen MR) is 45.7 cm³/mol. The largest absolute Gasteiger partial charge is 0.480 e. The van der Waals surface area contributed by atoms with Crippen LogP contribution in [-0.4, -0.2) is 21.8 Å². The van der Waals surface area contributed by atoms with Crippen molar-refractivity contribution in [3.63, 3.8) is 0 Å². The van der Waals surface area contributed by atoms with E-state index in [2.05, 4.69) is 4.98 Å². The van der Waals surface area contributed by atoms with Gasteiger partial charge in [0.25, 0.3) is 0 Å². The van der Waals surface area contributed by atoms with E-state index >= 15 is 0 Å². The van der Waals surface area contributed by atoms with Crippen molar-refractivity contribution in [1.29, 1.82) is 0 Å². The molecule has 5 heteroatoms. The lowest BCUT2D eigenvalue weighted by molar-refractivity contribution is -0.153. The molecule has 1 fully saturated rings. The molecule has 0 radical (unpaired) electrons. The number of aromatic nitrogens is 1. The summed E-state index contributed by atoms with van der Waals surface area (Å²) in [4.78, 5) is 25.7. The lowest BCUT2D eigenvalue weighted by atomic mass is 9.68. The molecule has 0 atom stereocenters. The third kappa shape index (κ3) is 1.07. The highest BCUT2D eigenvalue weighted by Crippen LogP contribution is 2.42. The molecule has 1 aromatic rings. The van der Waals surface area contributed by atoms with Crippen molar-refractivity contribution in [2.24, 2.45) is 0 Å². The molecule has 0 spiro atoms. The second-order valence-corrected chi connectivity index (χ2v) is 4.01. The first-order valence-electron chi connectivity index (χ1n) is 3.80. The molecule has 1 aliphatic rings. The molecule has 0 saturated heterocycles. The summed E-state index contributed by atoms with van der Waals surface area (Å²) in [7, 11) is 0. The highest BCUT2D eigenvalue weighted by molar-refractivity contribution is 7.09. The zero-order chi connectivity index (χ0) is 9.47. The van der Waals surface area contributed by atoms with Crippen molar-refractivity contribution >= 4 is 23.1 Å². The standard InChI is InChI=1S/C8H7NO3S/c10-5-3-8(4-5,7(11)12)6-9-1-2-13-6/h1-2H,3-4H2,(H,11,12). The summed E-state index contributed by atoms with van der Waals surface area (Å²) in [6, 6.07) is 0.